The molecule has 4 nitrogen and oxygen atoms in total. The van der Waals surface area contributed by atoms with Crippen molar-refractivity contribution in [3.8, 4) is 0 Å². The van der Waals surface area contributed by atoms with E-state index in [2.05, 4.69) is 10.1 Å². The lowest BCUT2D eigenvalue weighted by molar-refractivity contribution is -0.147. The molecule has 0 aliphatic carbocycles. The Labute approximate surface area is 104 Å². The predicted molar refractivity (Wildman–Crippen MR) is 62.1 cm³/mol. The average molecular weight is 251 g/mol. The molecule has 0 aromatic heterocycles. The molecule has 0 bridgehead atoms. The fourth-order valence-electron chi connectivity index (χ4n) is 2.17. The maximum Gasteiger partial charge on any atom is 0.311 e. The van der Waals surface area contributed by atoms with Crippen LogP contribution in [0.3, 0.4) is 0 Å². The van der Waals surface area contributed by atoms with Crippen LogP contribution in [0.2, 0.25) is 0 Å². The van der Waals surface area contributed by atoms with Crippen molar-refractivity contribution in [1.29, 1.82) is 0 Å². The van der Waals surface area contributed by atoms with Crippen molar-refractivity contribution in [2.45, 2.75) is 6.42 Å². The number of hydrogen-bond acceptors (Lipinski definition) is 3. The normalized spacial score (nSPS) is 22.7. The van der Waals surface area contributed by atoms with Crippen molar-refractivity contribution in [2.24, 2.45) is 11.8 Å². The van der Waals surface area contributed by atoms with Gasteiger partial charge in [-0.15, -0.1) is 0 Å². The van der Waals surface area contributed by atoms with E-state index in [-0.39, 0.29) is 17.7 Å². The first kappa shape index (κ1) is 12.5. The van der Waals surface area contributed by atoms with Crippen LogP contribution < -0.4 is 5.32 Å². The Kier molecular flexibility index (Phi) is 3.60. The molecule has 0 spiro atoms. The minimum absolute atomic E-state index is 0.158. The van der Waals surface area contributed by atoms with Gasteiger partial charge in [-0.1, -0.05) is 12.1 Å². The third kappa shape index (κ3) is 2.50. The standard InChI is InChI=1S/C13H14FNO3/c1-18-13(17)11-7-15-12(16)10(11)6-8-2-4-9(14)5-3-8/h2-5,10-11H,6-7H2,1H3,(H,15,16). The minimum Gasteiger partial charge on any atom is -0.469 e. The average Bonchev–Trinajstić information content (AvgIpc) is 2.73. The van der Waals surface area contributed by atoms with E-state index in [9.17, 15) is 14.0 Å². The van der Waals surface area contributed by atoms with Crippen molar-refractivity contribution in [3.05, 3.63) is 35.6 Å². The summed E-state index contributed by atoms with van der Waals surface area (Å²) in [7, 11) is 1.31. The van der Waals surface area contributed by atoms with Crippen LogP contribution in [0.5, 0.6) is 0 Å². The molecule has 2 rings (SSSR count). The molecule has 1 aromatic carbocycles. The molecule has 0 radical (unpaired) electrons. The van der Waals surface area contributed by atoms with E-state index in [0.717, 1.165) is 5.56 Å². The van der Waals surface area contributed by atoms with Crippen molar-refractivity contribution in [3.63, 3.8) is 0 Å². The van der Waals surface area contributed by atoms with E-state index in [0.29, 0.717) is 13.0 Å². The molecule has 1 amide bonds. The number of hydrogen-bond donors (Lipinski definition) is 1. The van der Waals surface area contributed by atoms with Crippen LogP contribution in [0, 0.1) is 17.7 Å². The van der Waals surface area contributed by atoms with Crippen LogP contribution in [0.4, 0.5) is 4.39 Å². The summed E-state index contributed by atoms with van der Waals surface area (Å²) < 4.78 is 17.5. The van der Waals surface area contributed by atoms with Gasteiger partial charge in [-0.3, -0.25) is 9.59 Å². The van der Waals surface area contributed by atoms with Gasteiger partial charge >= 0.3 is 5.97 Å². The second-order valence-corrected chi connectivity index (χ2v) is 4.31. The van der Waals surface area contributed by atoms with Crippen LogP contribution in [-0.2, 0) is 20.7 Å². The molecular formula is C13H14FNO3. The smallest absolute Gasteiger partial charge is 0.311 e. The number of carbonyl (C=O) groups is 2. The fourth-order valence-corrected chi connectivity index (χ4v) is 2.17. The summed E-state index contributed by atoms with van der Waals surface area (Å²) >= 11 is 0. The largest absolute Gasteiger partial charge is 0.469 e. The molecule has 1 aliphatic rings. The van der Waals surface area contributed by atoms with Gasteiger partial charge in [-0.25, -0.2) is 4.39 Å². The lowest BCUT2D eigenvalue weighted by atomic mass is 9.89. The molecular weight excluding hydrogens is 237 g/mol. The number of ether oxygens (including phenoxy) is 1. The first-order valence-corrected chi connectivity index (χ1v) is 5.72. The highest BCUT2D eigenvalue weighted by Crippen LogP contribution is 2.23. The molecule has 1 fully saturated rings. The zero-order valence-corrected chi connectivity index (χ0v) is 9.98. The Morgan fingerprint density at radius 2 is 2.11 bits per heavy atom. The summed E-state index contributed by atoms with van der Waals surface area (Å²) in [6, 6.07) is 5.93. The number of amides is 1. The number of rotatable bonds is 3. The third-order valence-electron chi connectivity index (χ3n) is 3.19. The Morgan fingerprint density at radius 1 is 1.44 bits per heavy atom. The van der Waals surface area contributed by atoms with Gasteiger partial charge in [0, 0.05) is 6.54 Å². The van der Waals surface area contributed by atoms with E-state index < -0.39 is 11.8 Å². The lowest BCUT2D eigenvalue weighted by Crippen LogP contribution is -2.27. The summed E-state index contributed by atoms with van der Waals surface area (Å²) in [5.74, 6) is -1.77. The Balaban J connectivity index is 2.12. The van der Waals surface area contributed by atoms with Crippen molar-refractivity contribution < 1.29 is 18.7 Å². The second kappa shape index (κ2) is 5.16. The highest BCUT2D eigenvalue weighted by molar-refractivity contribution is 5.89. The Morgan fingerprint density at radius 3 is 2.72 bits per heavy atom. The van der Waals surface area contributed by atoms with E-state index in [4.69, 9.17) is 0 Å². The number of halogens is 1. The van der Waals surface area contributed by atoms with Crippen LogP contribution >= 0.6 is 0 Å². The quantitative estimate of drug-likeness (QED) is 0.812. The van der Waals surface area contributed by atoms with E-state index in [1.807, 2.05) is 0 Å². The highest BCUT2D eigenvalue weighted by Gasteiger charge is 2.39. The monoisotopic (exact) mass is 251 g/mol. The molecule has 1 N–H and O–H groups in total. The van der Waals surface area contributed by atoms with Gasteiger partial charge in [0.15, 0.2) is 0 Å². The molecule has 5 heteroatoms. The van der Waals surface area contributed by atoms with Gasteiger partial charge in [0.25, 0.3) is 0 Å². The lowest BCUT2D eigenvalue weighted by Gasteiger charge is -2.14. The molecule has 1 aliphatic heterocycles. The number of nitrogens with one attached hydrogen (secondary N) is 1. The van der Waals surface area contributed by atoms with Gasteiger partial charge in [0.05, 0.1) is 18.9 Å². The Hall–Kier alpha value is -1.91. The van der Waals surface area contributed by atoms with Crippen LogP contribution in [0.15, 0.2) is 24.3 Å². The van der Waals surface area contributed by atoms with Crippen LogP contribution in [0.25, 0.3) is 0 Å². The van der Waals surface area contributed by atoms with Gasteiger partial charge in [-0.2, -0.15) is 0 Å². The zero-order chi connectivity index (χ0) is 13.1. The van der Waals surface area contributed by atoms with E-state index in [1.165, 1.54) is 19.2 Å². The molecule has 2 atom stereocenters. The van der Waals surface area contributed by atoms with Gasteiger partial charge < -0.3 is 10.1 Å². The zero-order valence-electron chi connectivity index (χ0n) is 9.98. The summed E-state index contributed by atoms with van der Waals surface area (Å²) in [6.07, 6.45) is 0.409. The third-order valence-corrected chi connectivity index (χ3v) is 3.19. The summed E-state index contributed by atoms with van der Waals surface area (Å²) in [5, 5.41) is 2.65. The van der Waals surface area contributed by atoms with Gasteiger partial charge in [0.1, 0.15) is 5.82 Å². The number of carbonyl (C=O) groups excluding carboxylic acids is 2. The maximum atomic E-state index is 12.8. The SMILES string of the molecule is COC(=O)C1CNC(=O)C1Cc1ccc(F)cc1. The Bertz CT molecular complexity index is 458. The molecule has 18 heavy (non-hydrogen) atoms. The maximum absolute atomic E-state index is 12.8. The summed E-state index contributed by atoms with van der Waals surface area (Å²) in [6.45, 7) is 0.303. The first-order valence-electron chi connectivity index (χ1n) is 5.72. The fraction of sp³-hybridized carbons (Fsp3) is 0.385. The minimum atomic E-state index is -0.465. The van der Waals surface area contributed by atoms with E-state index in [1.54, 1.807) is 12.1 Å². The molecule has 1 saturated heterocycles. The predicted octanol–water partition coefficient (Wildman–Crippen LogP) is 0.903. The van der Waals surface area contributed by atoms with Crippen molar-refractivity contribution in [2.75, 3.05) is 13.7 Å². The molecule has 0 saturated carbocycles. The van der Waals surface area contributed by atoms with Gasteiger partial charge in [0.2, 0.25) is 5.91 Å². The highest BCUT2D eigenvalue weighted by atomic mass is 19.1. The summed E-state index contributed by atoms with van der Waals surface area (Å²) in [4.78, 5) is 23.2. The van der Waals surface area contributed by atoms with Crippen molar-refractivity contribution >= 4 is 11.9 Å². The van der Waals surface area contributed by atoms with Gasteiger partial charge in [-0.05, 0) is 24.1 Å². The topological polar surface area (TPSA) is 55.4 Å². The number of methoxy groups -OCH3 is 1. The van der Waals surface area contributed by atoms with Crippen molar-refractivity contribution in [1.82, 2.24) is 5.32 Å². The number of esters is 1. The molecule has 2 unspecified atom stereocenters. The van der Waals surface area contributed by atoms with Crippen LogP contribution in [-0.4, -0.2) is 25.5 Å². The molecule has 96 valence electrons. The summed E-state index contributed by atoms with van der Waals surface area (Å²) in [5.41, 5.74) is 0.826. The first-order chi connectivity index (χ1) is 8.61. The van der Waals surface area contributed by atoms with Crippen LogP contribution in [0.1, 0.15) is 5.56 Å². The second-order valence-electron chi connectivity index (χ2n) is 4.31. The number of benzene rings is 1. The molecule has 1 aromatic rings. The molecule has 1 heterocycles. The van der Waals surface area contributed by atoms with E-state index >= 15 is 0 Å².